The molecule has 2 rings (SSSR count). The van der Waals surface area contributed by atoms with E-state index >= 15 is 0 Å². The van der Waals surface area contributed by atoms with Gasteiger partial charge in [0.2, 0.25) is 0 Å². The second-order valence-electron chi connectivity index (χ2n) is 3.94. The Morgan fingerprint density at radius 1 is 1.47 bits per heavy atom. The lowest BCUT2D eigenvalue weighted by Gasteiger charge is -2.15. The van der Waals surface area contributed by atoms with Gasteiger partial charge in [0.05, 0.1) is 17.5 Å². The topological polar surface area (TPSA) is 55.4 Å². The molecule has 1 amide bonds. The maximum Gasteiger partial charge on any atom is 0.327 e. The standard InChI is InChI=1S/C11H13BrNO3P/c1-4-16-17(15)10-7(3)9(12)6(2)5-8(10)11(14)13-17/h5H,4H2,1-3H3,(H,13,14,15). The molecule has 1 aromatic rings. The monoisotopic (exact) mass is 317 g/mol. The van der Waals surface area contributed by atoms with Gasteiger partial charge in [0.25, 0.3) is 5.91 Å². The van der Waals surface area contributed by atoms with Crippen LogP contribution in [0.5, 0.6) is 0 Å². The molecule has 4 nitrogen and oxygen atoms in total. The van der Waals surface area contributed by atoms with E-state index in [-0.39, 0.29) is 5.91 Å². The van der Waals surface area contributed by atoms with Crippen molar-refractivity contribution in [3.05, 3.63) is 27.2 Å². The third-order valence-corrected chi connectivity index (χ3v) is 6.25. The fourth-order valence-electron chi connectivity index (χ4n) is 2.03. The van der Waals surface area contributed by atoms with Gasteiger partial charge in [0, 0.05) is 4.47 Å². The first-order valence-corrected chi connectivity index (χ1v) is 7.70. The van der Waals surface area contributed by atoms with Crippen molar-refractivity contribution in [1.29, 1.82) is 0 Å². The molecule has 17 heavy (non-hydrogen) atoms. The van der Waals surface area contributed by atoms with Crippen LogP contribution in [0, 0.1) is 13.8 Å². The fourth-order valence-corrected chi connectivity index (χ4v) is 4.59. The number of amides is 1. The molecule has 92 valence electrons. The maximum atomic E-state index is 12.6. The number of hydrogen-bond acceptors (Lipinski definition) is 3. The Labute approximate surface area is 108 Å². The van der Waals surface area contributed by atoms with Crippen LogP contribution in [-0.2, 0) is 9.09 Å². The molecule has 1 unspecified atom stereocenters. The molecule has 0 saturated carbocycles. The van der Waals surface area contributed by atoms with Crippen molar-refractivity contribution in [3.63, 3.8) is 0 Å². The number of halogens is 1. The summed E-state index contributed by atoms with van der Waals surface area (Å²) in [7, 11) is -3.23. The third kappa shape index (κ3) is 1.86. The Morgan fingerprint density at radius 3 is 2.71 bits per heavy atom. The van der Waals surface area contributed by atoms with Gasteiger partial charge in [-0.2, -0.15) is 0 Å². The molecule has 0 radical (unpaired) electrons. The van der Waals surface area contributed by atoms with Gasteiger partial charge in [-0.25, -0.2) is 0 Å². The van der Waals surface area contributed by atoms with Gasteiger partial charge < -0.3 is 4.52 Å². The van der Waals surface area contributed by atoms with Gasteiger partial charge in [-0.1, -0.05) is 15.9 Å². The Bertz CT molecular complexity index is 556. The van der Waals surface area contributed by atoms with E-state index in [0.717, 1.165) is 15.6 Å². The number of rotatable bonds is 2. The predicted octanol–water partition coefficient (Wildman–Crippen LogP) is 2.66. The average Bonchev–Trinajstić information content (AvgIpc) is 2.48. The normalized spacial score (nSPS) is 22.5. The molecule has 0 spiro atoms. The quantitative estimate of drug-likeness (QED) is 0.853. The van der Waals surface area contributed by atoms with Crippen molar-refractivity contribution >= 4 is 34.7 Å². The van der Waals surface area contributed by atoms with E-state index in [4.69, 9.17) is 4.52 Å². The molecule has 0 aliphatic carbocycles. The van der Waals surface area contributed by atoms with Crippen molar-refractivity contribution in [2.75, 3.05) is 6.61 Å². The highest BCUT2D eigenvalue weighted by atomic mass is 79.9. The summed E-state index contributed by atoms with van der Waals surface area (Å²) in [6, 6.07) is 1.74. The molecular formula is C11H13BrNO3P. The zero-order chi connectivity index (χ0) is 12.8. The van der Waals surface area contributed by atoms with Crippen LogP contribution in [0.3, 0.4) is 0 Å². The third-order valence-electron chi connectivity index (χ3n) is 2.75. The fraction of sp³-hybridized carbons (Fsp3) is 0.364. The van der Waals surface area contributed by atoms with Gasteiger partial charge in [0.15, 0.2) is 0 Å². The second kappa shape index (κ2) is 4.23. The van der Waals surface area contributed by atoms with Gasteiger partial charge in [0.1, 0.15) is 0 Å². The number of carbonyl (C=O) groups is 1. The minimum atomic E-state index is -3.23. The van der Waals surface area contributed by atoms with E-state index in [1.165, 1.54) is 0 Å². The Balaban J connectivity index is 2.74. The summed E-state index contributed by atoms with van der Waals surface area (Å²) < 4.78 is 18.7. The molecule has 1 N–H and O–H groups in total. The van der Waals surface area contributed by atoms with E-state index in [2.05, 4.69) is 21.0 Å². The van der Waals surface area contributed by atoms with Crippen LogP contribution in [0.15, 0.2) is 10.5 Å². The van der Waals surface area contributed by atoms with E-state index in [1.54, 1.807) is 13.0 Å². The first-order chi connectivity index (χ1) is 7.90. The maximum absolute atomic E-state index is 12.6. The Morgan fingerprint density at radius 2 is 2.12 bits per heavy atom. The zero-order valence-electron chi connectivity index (χ0n) is 9.83. The van der Waals surface area contributed by atoms with E-state index in [9.17, 15) is 9.36 Å². The predicted molar refractivity (Wildman–Crippen MR) is 69.9 cm³/mol. The molecular weight excluding hydrogens is 305 g/mol. The molecule has 1 aliphatic rings. The second-order valence-corrected chi connectivity index (χ2v) is 6.76. The van der Waals surface area contributed by atoms with Crippen molar-refractivity contribution < 1.29 is 13.9 Å². The number of nitrogens with one attached hydrogen (secondary N) is 1. The van der Waals surface area contributed by atoms with Gasteiger partial charge in [-0.3, -0.25) is 14.4 Å². The number of carbonyl (C=O) groups excluding carboxylic acids is 1. The van der Waals surface area contributed by atoms with Gasteiger partial charge in [-0.05, 0) is 38.0 Å². The first-order valence-electron chi connectivity index (χ1n) is 5.28. The number of aryl methyl sites for hydroxylation is 1. The lowest BCUT2D eigenvalue weighted by molar-refractivity contribution is 0.0982. The summed E-state index contributed by atoms with van der Waals surface area (Å²) in [5, 5.41) is 2.97. The lowest BCUT2D eigenvalue weighted by Crippen LogP contribution is -2.15. The summed E-state index contributed by atoms with van der Waals surface area (Å²) >= 11 is 3.44. The van der Waals surface area contributed by atoms with Crippen molar-refractivity contribution in [1.82, 2.24) is 5.09 Å². The summed E-state index contributed by atoms with van der Waals surface area (Å²) in [6.45, 7) is 5.78. The Hall–Kier alpha value is -0.640. The van der Waals surface area contributed by atoms with Crippen LogP contribution in [0.1, 0.15) is 28.4 Å². The minimum Gasteiger partial charge on any atom is -0.310 e. The molecule has 0 bridgehead atoms. The number of hydrogen-bond donors (Lipinski definition) is 1. The van der Waals surface area contributed by atoms with E-state index in [0.29, 0.717) is 17.5 Å². The number of benzene rings is 1. The van der Waals surface area contributed by atoms with E-state index < -0.39 is 7.52 Å². The number of fused-ring (bicyclic) bond motifs is 1. The summed E-state index contributed by atoms with van der Waals surface area (Å²) in [4.78, 5) is 11.8. The average molecular weight is 318 g/mol. The van der Waals surface area contributed by atoms with Crippen LogP contribution >= 0.6 is 23.4 Å². The highest BCUT2D eigenvalue weighted by molar-refractivity contribution is 9.10. The molecule has 1 aromatic carbocycles. The largest absolute Gasteiger partial charge is 0.327 e. The van der Waals surface area contributed by atoms with Crippen LogP contribution in [0.25, 0.3) is 0 Å². The van der Waals surface area contributed by atoms with Crippen molar-refractivity contribution in [2.45, 2.75) is 20.8 Å². The molecule has 0 aromatic heterocycles. The van der Waals surface area contributed by atoms with Gasteiger partial charge in [-0.15, -0.1) is 0 Å². The van der Waals surface area contributed by atoms with Crippen molar-refractivity contribution in [3.8, 4) is 0 Å². The minimum absolute atomic E-state index is 0.294. The molecule has 1 atom stereocenters. The Kier molecular flexibility index (Phi) is 3.19. The lowest BCUT2D eigenvalue weighted by atomic mass is 10.1. The molecule has 6 heteroatoms. The summed E-state index contributed by atoms with van der Waals surface area (Å²) in [5.41, 5.74) is 2.21. The van der Waals surface area contributed by atoms with Crippen LogP contribution in [0.2, 0.25) is 0 Å². The zero-order valence-corrected chi connectivity index (χ0v) is 12.3. The molecule has 1 heterocycles. The molecule has 1 aliphatic heterocycles. The summed E-state index contributed by atoms with van der Waals surface area (Å²) in [5.74, 6) is -0.324. The highest BCUT2D eigenvalue weighted by Crippen LogP contribution is 2.48. The smallest absolute Gasteiger partial charge is 0.310 e. The van der Waals surface area contributed by atoms with Gasteiger partial charge >= 0.3 is 7.52 Å². The van der Waals surface area contributed by atoms with Crippen molar-refractivity contribution in [2.24, 2.45) is 0 Å². The first kappa shape index (κ1) is 12.8. The summed E-state index contributed by atoms with van der Waals surface area (Å²) in [6.07, 6.45) is 0. The van der Waals surface area contributed by atoms with Crippen LogP contribution in [-0.4, -0.2) is 12.5 Å². The van der Waals surface area contributed by atoms with Crippen LogP contribution in [0.4, 0.5) is 0 Å². The molecule has 0 saturated heterocycles. The van der Waals surface area contributed by atoms with E-state index in [1.807, 2.05) is 13.8 Å². The molecule has 0 fully saturated rings. The van der Waals surface area contributed by atoms with Crippen LogP contribution < -0.4 is 10.4 Å². The SMILES string of the molecule is CCOP1(=O)NC(=O)c2cc(C)c(Br)c(C)c21. The highest BCUT2D eigenvalue weighted by Gasteiger charge is 2.41.